The molecular formula is C18H26ClN3O2. The van der Waals surface area contributed by atoms with Crippen molar-refractivity contribution >= 4 is 29.9 Å². The van der Waals surface area contributed by atoms with Crippen molar-refractivity contribution in [2.24, 2.45) is 11.3 Å². The molecule has 5 nitrogen and oxygen atoms in total. The first-order chi connectivity index (χ1) is 11.1. The maximum absolute atomic E-state index is 13.0. The third-order valence-corrected chi connectivity index (χ3v) is 5.25. The molecule has 1 heterocycles. The van der Waals surface area contributed by atoms with Crippen LogP contribution < -0.4 is 10.6 Å². The van der Waals surface area contributed by atoms with Gasteiger partial charge in [0.1, 0.15) is 0 Å². The highest BCUT2D eigenvalue weighted by atomic mass is 35.5. The van der Waals surface area contributed by atoms with E-state index in [-0.39, 0.29) is 36.2 Å². The highest BCUT2D eigenvalue weighted by Gasteiger charge is 2.50. The van der Waals surface area contributed by atoms with Gasteiger partial charge >= 0.3 is 0 Å². The van der Waals surface area contributed by atoms with E-state index in [9.17, 15) is 9.59 Å². The van der Waals surface area contributed by atoms with E-state index < -0.39 is 0 Å². The van der Waals surface area contributed by atoms with Crippen molar-refractivity contribution < 1.29 is 9.59 Å². The molecular weight excluding hydrogens is 326 g/mol. The van der Waals surface area contributed by atoms with E-state index in [1.54, 1.807) is 11.9 Å². The molecule has 24 heavy (non-hydrogen) atoms. The van der Waals surface area contributed by atoms with Crippen molar-refractivity contribution in [2.75, 3.05) is 32.0 Å². The zero-order chi connectivity index (χ0) is 16.3. The predicted molar refractivity (Wildman–Crippen MR) is 97.2 cm³/mol. The first-order valence-electron chi connectivity index (χ1n) is 8.43. The Balaban J connectivity index is 0.00000208. The van der Waals surface area contributed by atoms with Crippen LogP contribution in [0.5, 0.6) is 0 Å². The van der Waals surface area contributed by atoms with Crippen LogP contribution in [0.3, 0.4) is 0 Å². The molecule has 3 rings (SSSR count). The Labute approximate surface area is 149 Å². The lowest BCUT2D eigenvalue weighted by Gasteiger charge is -2.39. The first kappa shape index (κ1) is 18.7. The minimum absolute atomic E-state index is 0. The fourth-order valence-corrected chi connectivity index (χ4v) is 4.06. The fraction of sp³-hybridized carbons (Fsp3) is 0.556. The molecule has 1 aromatic rings. The molecule has 2 amide bonds. The molecule has 0 bridgehead atoms. The van der Waals surface area contributed by atoms with Crippen LogP contribution in [0.2, 0.25) is 0 Å². The lowest BCUT2D eigenvalue weighted by molar-refractivity contribution is -0.145. The van der Waals surface area contributed by atoms with E-state index in [0.717, 1.165) is 38.0 Å². The lowest BCUT2D eigenvalue weighted by atomic mass is 9.67. The molecule has 2 aliphatic rings. The van der Waals surface area contributed by atoms with Gasteiger partial charge in [-0.2, -0.15) is 0 Å². The van der Waals surface area contributed by atoms with E-state index in [1.165, 1.54) is 6.42 Å². The van der Waals surface area contributed by atoms with E-state index in [4.69, 9.17) is 0 Å². The summed E-state index contributed by atoms with van der Waals surface area (Å²) >= 11 is 0. The van der Waals surface area contributed by atoms with Gasteiger partial charge in [-0.3, -0.25) is 9.59 Å². The van der Waals surface area contributed by atoms with E-state index >= 15 is 0 Å². The third kappa shape index (κ3) is 3.73. The Morgan fingerprint density at radius 2 is 2.04 bits per heavy atom. The Morgan fingerprint density at radius 1 is 1.29 bits per heavy atom. The van der Waals surface area contributed by atoms with Crippen molar-refractivity contribution in [1.82, 2.24) is 10.2 Å². The third-order valence-electron chi connectivity index (χ3n) is 5.25. The first-order valence-corrected chi connectivity index (χ1v) is 8.43. The van der Waals surface area contributed by atoms with Crippen molar-refractivity contribution in [3.8, 4) is 0 Å². The zero-order valence-corrected chi connectivity index (χ0v) is 14.9. The van der Waals surface area contributed by atoms with Crippen LogP contribution in [0.15, 0.2) is 30.3 Å². The number of carbonyl (C=O) groups excluding carboxylic acids is 2. The number of para-hydroxylation sites is 1. The van der Waals surface area contributed by atoms with Crippen LogP contribution in [-0.2, 0) is 9.59 Å². The fourth-order valence-electron chi connectivity index (χ4n) is 4.06. The molecule has 2 N–H and O–H groups in total. The number of likely N-dealkylation sites (N-methyl/N-ethyl adjacent to an activating group) is 1. The number of hydrogen-bond acceptors (Lipinski definition) is 3. The number of anilines is 1. The number of hydrogen-bond donors (Lipinski definition) is 2. The Morgan fingerprint density at radius 3 is 2.79 bits per heavy atom. The Kier molecular flexibility index (Phi) is 6.24. The average Bonchev–Trinajstić information content (AvgIpc) is 3.00. The van der Waals surface area contributed by atoms with Crippen LogP contribution in [0, 0.1) is 11.3 Å². The number of nitrogens with zero attached hydrogens (tertiary/aromatic N) is 1. The van der Waals surface area contributed by atoms with Gasteiger partial charge in [0.15, 0.2) is 0 Å². The van der Waals surface area contributed by atoms with Crippen LogP contribution >= 0.6 is 12.4 Å². The minimum Gasteiger partial charge on any atom is -0.336 e. The quantitative estimate of drug-likeness (QED) is 0.874. The SMILES string of the molecule is CN(CC(=O)Nc1ccccc1)C(=O)[C@@]12CCCC[C@H]1CNC2.Cl. The molecule has 1 aromatic carbocycles. The van der Waals surface area contributed by atoms with Crippen LogP contribution in [-0.4, -0.2) is 43.4 Å². The number of rotatable bonds is 4. The highest BCUT2D eigenvalue weighted by Crippen LogP contribution is 2.44. The Bertz CT molecular complexity index is 581. The predicted octanol–water partition coefficient (Wildman–Crippen LogP) is 2.29. The number of benzene rings is 1. The second-order valence-electron chi connectivity index (χ2n) is 6.81. The van der Waals surface area contributed by atoms with Gasteiger partial charge in [0.05, 0.1) is 12.0 Å². The second kappa shape index (κ2) is 7.99. The molecule has 6 heteroatoms. The lowest BCUT2D eigenvalue weighted by Crippen LogP contribution is -2.50. The molecule has 0 radical (unpaired) electrons. The number of halogens is 1. The summed E-state index contributed by atoms with van der Waals surface area (Å²) in [5, 5.41) is 6.23. The van der Waals surface area contributed by atoms with Crippen LogP contribution in [0.1, 0.15) is 25.7 Å². The largest absolute Gasteiger partial charge is 0.336 e. The van der Waals surface area contributed by atoms with Crippen LogP contribution in [0.25, 0.3) is 0 Å². The van der Waals surface area contributed by atoms with E-state index in [1.807, 2.05) is 30.3 Å². The number of carbonyl (C=O) groups is 2. The summed E-state index contributed by atoms with van der Waals surface area (Å²) in [6.07, 6.45) is 4.37. The topological polar surface area (TPSA) is 61.4 Å². The summed E-state index contributed by atoms with van der Waals surface area (Å²) in [7, 11) is 1.74. The van der Waals surface area contributed by atoms with Crippen molar-refractivity contribution in [3.05, 3.63) is 30.3 Å². The van der Waals surface area contributed by atoms with Gasteiger partial charge in [0, 0.05) is 19.3 Å². The van der Waals surface area contributed by atoms with Gasteiger partial charge < -0.3 is 15.5 Å². The standard InChI is InChI=1S/C18H25N3O2.ClH/c1-21(12-16(22)20-15-8-3-2-4-9-15)17(23)18-10-6-5-7-14(18)11-19-13-18;/h2-4,8-9,14,19H,5-7,10-13H2,1H3,(H,20,22);1H/t14-,18+;/m0./s1. The van der Waals surface area contributed by atoms with Crippen molar-refractivity contribution in [2.45, 2.75) is 25.7 Å². The smallest absolute Gasteiger partial charge is 0.243 e. The molecule has 1 aliphatic heterocycles. The molecule has 2 fully saturated rings. The zero-order valence-electron chi connectivity index (χ0n) is 14.1. The summed E-state index contributed by atoms with van der Waals surface area (Å²) in [6, 6.07) is 9.34. The summed E-state index contributed by atoms with van der Waals surface area (Å²) in [5.41, 5.74) is 0.467. The molecule has 1 saturated heterocycles. The van der Waals surface area contributed by atoms with Gasteiger partial charge in [-0.1, -0.05) is 31.0 Å². The summed E-state index contributed by atoms with van der Waals surface area (Å²) in [6.45, 7) is 1.78. The van der Waals surface area contributed by atoms with Gasteiger partial charge in [0.25, 0.3) is 0 Å². The van der Waals surface area contributed by atoms with Gasteiger partial charge in [-0.15, -0.1) is 12.4 Å². The second-order valence-corrected chi connectivity index (χ2v) is 6.81. The molecule has 1 saturated carbocycles. The van der Waals surface area contributed by atoms with Crippen molar-refractivity contribution in [3.63, 3.8) is 0 Å². The van der Waals surface area contributed by atoms with Gasteiger partial charge in [-0.05, 0) is 37.4 Å². The minimum atomic E-state index is -0.292. The molecule has 0 unspecified atom stereocenters. The summed E-state index contributed by atoms with van der Waals surface area (Å²) in [5.74, 6) is 0.389. The van der Waals surface area contributed by atoms with Crippen LogP contribution in [0.4, 0.5) is 5.69 Å². The maximum atomic E-state index is 13.0. The Hall–Kier alpha value is -1.59. The summed E-state index contributed by atoms with van der Waals surface area (Å²) in [4.78, 5) is 26.8. The molecule has 0 spiro atoms. The summed E-state index contributed by atoms with van der Waals surface area (Å²) < 4.78 is 0. The van der Waals surface area contributed by atoms with Crippen molar-refractivity contribution in [1.29, 1.82) is 0 Å². The van der Waals surface area contributed by atoms with Gasteiger partial charge in [0.2, 0.25) is 11.8 Å². The normalized spacial score (nSPS) is 25.3. The highest BCUT2D eigenvalue weighted by molar-refractivity contribution is 5.95. The molecule has 0 aromatic heterocycles. The molecule has 2 atom stereocenters. The average molecular weight is 352 g/mol. The number of amides is 2. The maximum Gasteiger partial charge on any atom is 0.243 e. The molecule has 132 valence electrons. The number of nitrogens with one attached hydrogen (secondary N) is 2. The number of fused-ring (bicyclic) bond motifs is 1. The van der Waals surface area contributed by atoms with E-state index in [0.29, 0.717) is 5.92 Å². The monoisotopic (exact) mass is 351 g/mol. The van der Waals surface area contributed by atoms with E-state index in [2.05, 4.69) is 10.6 Å². The molecule has 1 aliphatic carbocycles. The van der Waals surface area contributed by atoms with Gasteiger partial charge in [-0.25, -0.2) is 0 Å².